The summed E-state index contributed by atoms with van der Waals surface area (Å²) in [5, 5.41) is 3.89. The number of pyridine rings is 3. The van der Waals surface area contributed by atoms with E-state index in [2.05, 4.69) is 73.7 Å². The molecule has 5 aromatic rings. The Hall–Kier alpha value is -6.18. The van der Waals surface area contributed by atoms with E-state index in [0.717, 1.165) is 190 Å². The third kappa shape index (κ3) is 19.5. The molecular formula is C62H87F3N12O4. The second kappa shape index (κ2) is 32.5. The monoisotopic (exact) mass is 1120 g/mol. The number of carbonyl (C=O) groups excluding carboxylic acids is 1. The van der Waals surface area contributed by atoms with Gasteiger partial charge in [-0.15, -0.1) is 0 Å². The van der Waals surface area contributed by atoms with Crippen LogP contribution in [0, 0.1) is 23.7 Å². The van der Waals surface area contributed by atoms with Gasteiger partial charge in [0.25, 0.3) is 5.56 Å². The summed E-state index contributed by atoms with van der Waals surface area (Å²) in [5.41, 5.74) is 2.08. The van der Waals surface area contributed by atoms with Crippen LogP contribution in [0.5, 0.6) is 5.75 Å². The van der Waals surface area contributed by atoms with E-state index in [-0.39, 0.29) is 17.9 Å². The van der Waals surface area contributed by atoms with Crippen LogP contribution in [0.1, 0.15) is 101 Å². The van der Waals surface area contributed by atoms with E-state index in [1.54, 1.807) is 12.1 Å². The van der Waals surface area contributed by atoms with Gasteiger partial charge in [-0.1, -0.05) is 56.4 Å². The molecule has 0 amide bonds. The Morgan fingerprint density at radius 3 is 1.79 bits per heavy atom. The molecule has 16 nitrogen and oxygen atoms in total. The molecule has 1 saturated carbocycles. The molecule has 4 aromatic heterocycles. The fourth-order valence-corrected chi connectivity index (χ4v) is 11.8. The van der Waals surface area contributed by atoms with Crippen LogP contribution in [-0.2, 0) is 31.2 Å². The van der Waals surface area contributed by atoms with Gasteiger partial charge in [0.05, 0.1) is 0 Å². The molecule has 0 N–H and O–H groups in total. The number of aromatic nitrogens is 6. The first-order chi connectivity index (χ1) is 39.6. The van der Waals surface area contributed by atoms with Crippen molar-refractivity contribution in [3.63, 3.8) is 0 Å². The Balaban J connectivity index is 0.000000159. The first-order valence-corrected chi connectivity index (χ1v) is 30.1. The van der Waals surface area contributed by atoms with E-state index in [9.17, 15) is 27.6 Å². The predicted octanol–water partition coefficient (Wildman–Crippen LogP) is 8.27. The maximum Gasteiger partial charge on any atom is 0.347 e. The lowest BCUT2D eigenvalue weighted by Crippen LogP contribution is -2.47. The topological polar surface area (TPSA) is 141 Å². The van der Waals surface area contributed by atoms with E-state index >= 15 is 0 Å². The lowest BCUT2D eigenvalue weighted by molar-refractivity contribution is -0.123. The van der Waals surface area contributed by atoms with Gasteiger partial charge in [0.2, 0.25) is 11.9 Å². The van der Waals surface area contributed by atoms with Gasteiger partial charge in [0.15, 0.2) is 0 Å². The summed E-state index contributed by atoms with van der Waals surface area (Å²) < 4.78 is 46.7. The molecule has 0 spiro atoms. The highest BCUT2D eigenvalue weighted by Gasteiger charge is 2.24. The van der Waals surface area contributed by atoms with Crippen molar-refractivity contribution in [1.82, 2.24) is 44.0 Å². The minimum absolute atomic E-state index is 0.146. The number of benzene rings is 1. The molecule has 3 aliphatic heterocycles. The highest BCUT2D eigenvalue weighted by molar-refractivity contribution is 5.81. The van der Waals surface area contributed by atoms with Crippen molar-refractivity contribution in [2.75, 3.05) is 126 Å². The van der Waals surface area contributed by atoms with Gasteiger partial charge in [0.1, 0.15) is 48.5 Å². The average Bonchev–Trinajstić information content (AvgIpc) is 3.51. The lowest BCUT2D eigenvalue weighted by Gasteiger charge is -2.36. The second-order valence-corrected chi connectivity index (χ2v) is 22.4. The van der Waals surface area contributed by atoms with Crippen LogP contribution in [0.15, 0.2) is 94.8 Å². The summed E-state index contributed by atoms with van der Waals surface area (Å²) in [6, 6.07) is 22.3. The third-order valence-electron chi connectivity index (χ3n) is 16.8. The van der Waals surface area contributed by atoms with Gasteiger partial charge < -0.3 is 19.4 Å². The molecule has 4 fully saturated rings. The fraction of sp³-hybridized carbons (Fsp3) is 0.597. The number of alkyl halides is 1. The van der Waals surface area contributed by atoms with Crippen molar-refractivity contribution >= 4 is 23.2 Å². The van der Waals surface area contributed by atoms with Crippen LogP contribution in [0.25, 0.3) is 0 Å². The maximum atomic E-state index is 13.2. The Kier molecular flexibility index (Phi) is 24.4. The van der Waals surface area contributed by atoms with Crippen molar-refractivity contribution in [1.29, 1.82) is 0 Å². The molecular weight excluding hydrogens is 1030 g/mol. The number of ether oxygens (including phenoxy) is 1. The van der Waals surface area contributed by atoms with Crippen molar-refractivity contribution < 1.29 is 22.7 Å². The number of halogens is 3. The number of unbranched alkanes of at least 4 members (excludes halogenated alkanes) is 4. The summed E-state index contributed by atoms with van der Waals surface area (Å²) in [5.74, 6) is 4.11. The van der Waals surface area contributed by atoms with E-state index in [4.69, 9.17) is 4.74 Å². The number of aryl methyl sites for hydroxylation is 2. The fourth-order valence-electron chi connectivity index (χ4n) is 11.8. The first-order valence-electron chi connectivity index (χ1n) is 30.1. The number of anilines is 3. The number of hydrogen-bond acceptors (Lipinski definition) is 14. The average molecular weight is 1120 g/mol. The Labute approximate surface area is 477 Å². The molecule has 0 radical (unpaired) electrons. The van der Waals surface area contributed by atoms with E-state index in [1.807, 2.05) is 30.5 Å². The second-order valence-electron chi connectivity index (χ2n) is 22.4. The molecule has 19 heteroatoms. The Morgan fingerprint density at radius 2 is 1.20 bits per heavy atom. The maximum absolute atomic E-state index is 13.2. The smallest absolute Gasteiger partial charge is 0.347 e. The van der Waals surface area contributed by atoms with Crippen LogP contribution in [0.2, 0.25) is 0 Å². The highest BCUT2D eigenvalue weighted by Crippen LogP contribution is 2.31. The number of ketones is 1. The molecule has 1 aromatic carbocycles. The van der Waals surface area contributed by atoms with Crippen molar-refractivity contribution in [2.24, 2.45) is 18.9 Å². The molecule has 5 aliphatic rings. The van der Waals surface area contributed by atoms with Gasteiger partial charge in [-0.2, -0.15) is 13.9 Å². The standard InChI is InChI=1S/C23H30FN3O.C21H32FN3O.C18H25FN6O2/c24-9-16-28-22-7-6-20-5-4-19(17-21(20)18-22)8-11-26-12-14-27(15-13-26)23-3-1-2-10-25-23;22-20-11-7-12-21(23-20)25-16-14-24(15-17-25)13-6-2-5-10-19(26)18-8-3-1-4-9-18;1-22-17(26)14-20-25(18(22)27)9-4-2-3-8-23-10-12-24(13-11-23)16-7-5-6-15(19)21-16/h1-3,6-7,10,18-19H,4-5,8-9,11-17H2;7,11-12,18H,1-6,8-10,13-17H2;5-7,14H,2-4,8-13H2,1H3/i24-1;22-1;19-1. The zero-order valence-electron chi connectivity index (χ0n) is 47.9. The van der Waals surface area contributed by atoms with Gasteiger partial charge in [-0.25, -0.2) is 28.8 Å². The van der Waals surface area contributed by atoms with Crippen molar-refractivity contribution in [3.05, 3.63) is 129 Å². The first kappa shape index (κ1) is 60.9. The number of fused-ring (bicyclic) bond motifs is 1. The van der Waals surface area contributed by atoms with Crippen LogP contribution < -0.4 is 30.7 Å². The molecule has 0 bridgehead atoms. The Morgan fingerprint density at radius 1 is 0.617 bits per heavy atom. The van der Waals surface area contributed by atoms with Gasteiger partial charge in [-0.05, 0) is 149 Å². The molecule has 10 rings (SSSR count). The van der Waals surface area contributed by atoms with Gasteiger partial charge in [-0.3, -0.25) is 28.9 Å². The van der Waals surface area contributed by atoms with E-state index in [1.165, 1.54) is 79.8 Å². The normalized spacial score (nSPS) is 18.3. The molecule has 7 heterocycles. The number of piperazine rings is 3. The van der Waals surface area contributed by atoms with Gasteiger partial charge >= 0.3 is 5.69 Å². The summed E-state index contributed by atoms with van der Waals surface area (Å²) >= 11 is 0. The number of nitrogens with zero attached hydrogens (tertiary/aromatic N) is 12. The minimum atomic E-state index is -0.443. The molecule has 81 heavy (non-hydrogen) atoms. The summed E-state index contributed by atoms with van der Waals surface area (Å²) in [6.45, 7) is 15.2. The van der Waals surface area contributed by atoms with Crippen LogP contribution in [0.3, 0.4) is 0 Å². The van der Waals surface area contributed by atoms with Crippen LogP contribution in [0.4, 0.5) is 30.6 Å². The molecule has 1 atom stereocenters. The molecule has 3 saturated heterocycles. The summed E-state index contributed by atoms with van der Waals surface area (Å²) in [4.78, 5) is 61.9. The molecule has 2 aliphatic carbocycles. The number of hydrogen-bond donors (Lipinski definition) is 0. The van der Waals surface area contributed by atoms with Gasteiger partial charge in [0, 0.05) is 111 Å². The van der Waals surface area contributed by atoms with E-state index < -0.39 is 18.6 Å². The third-order valence-corrected chi connectivity index (χ3v) is 16.8. The molecule has 440 valence electrons. The number of rotatable bonds is 22. The highest BCUT2D eigenvalue weighted by atomic mass is 18.2. The number of Topliss-reactive ketones (excluding diaryl/α,β-unsaturated/α-hetero) is 1. The summed E-state index contributed by atoms with van der Waals surface area (Å²) in [7, 11) is 1.46. The lowest BCUT2D eigenvalue weighted by atomic mass is 9.82. The van der Waals surface area contributed by atoms with E-state index in [0.29, 0.717) is 24.1 Å². The van der Waals surface area contributed by atoms with Crippen LogP contribution in [-0.4, -0.2) is 161 Å². The minimum Gasteiger partial charge on any atom is -0.491 e. The molecule has 1 unspecified atom stereocenters. The zero-order valence-corrected chi connectivity index (χ0v) is 47.9. The van der Waals surface area contributed by atoms with Crippen molar-refractivity contribution in [3.8, 4) is 5.75 Å². The number of carbonyl (C=O) groups is 1. The van der Waals surface area contributed by atoms with Crippen LogP contribution >= 0.6 is 0 Å². The SMILES string of the molecule is Cn1c(=O)cnn(CCCCCN2CCN(c3cccc([18F])n3)CC2)c1=O.O=C(CCCCCN1CCN(c2cccc([18F])n2)CC1)C1CCCCC1.[18F]CCOc1ccc2c(c1)CC(CCN1CCN(c3ccccn3)CC1)CC2. The zero-order chi connectivity index (χ0) is 56.6. The largest absolute Gasteiger partial charge is 0.491 e. The summed E-state index contributed by atoms with van der Waals surface area (Å²) in [6.07, 6.45) is 20.9. The Bertz CT molecular complexity index is 2780. The quantitative estimate of drug-likeness (QED) is 0.0485. The predicted molar refractivity (Wildman–Crippen MR) is 314 cm³/mol. The van der Waals surface area contributed by atoms with Crippen molar-refractivity contribution in [2.45, 2.75) is 109 Å².